The van der Waals surface area contributed by atoms with Crippen LogP contribution in [-0.4, -0.2) is 47.3 Å². The number of aromatic nitrogens is 2. The number of thiocarbonyl (C=S) groups is 1. The topological polar surface area (TPSA) is 56.3 Å². The molecule has 1 atom stereocenters. The zero-order chi connectivity index (χ0) is 17.2. The van der Waals surface area contributed by atoms with Gasteiger partial charge in [-0.15, -0.1) is 0 Å². The Bertz CT molecular complexity index is 626. The molecule has 1 aliphatic carbocycles. The van der Waals surface area contributed by atoms with Gasteiger partial charge in [0, 0.05) is 38.3 Å². The van der Waals surface area contributed by atoms with Crippen LogP contribution in [0.4, 0.5) is 17.6 Å². The third-order valence-electron chi connectivity index (χ3n) is 5.25. The largest absolute Gasteiger partial charge is 0.360 e. The van der Waals surface area contributed by atoms with Crippen LogP contribution in [0.1, 0.15) is 45.4 Å². The molecule has 2 N–H and O–H groups in total. The molecule has 0 unspecified atom stereocenters. The maximum atomic E-state index is 5.42. The summed E-state index contributed by atoms with van der Waals surface area (Å²) >= 11 is 5.42. The lowest BCUT2D eigenvalue weighted by Crippen LogP contribution is -2.36. The molecule has 3 aliphatic rings. The molecule has 7 heteroatoms. The van der Waals surface area contributed by atoms with Crippen LogP contribution in [0, 0.1) is 5.92 Å². The summed E-state index contributed by atoms with van der Waals surface area (Å²) in [5, 5.41) is 7.16. The molecule has 136 valence electrons. The van der Waals surface area contributed by atoms with E-state index in [1.807, 2.05) is 0 Å². The van der Waals surface area contributed by atoms with E-state index in [2.05, 4.69) is 33.4 Å². The normalized spacial score (nSPS) is 23.6. The van der Waals surface area contributed by atoms with Crippen molar-refractivity contribution in [3.63, 3.8) is 0 Å². The van der Waals surface area contributed by atoms with Crippen LogP contribution in [0.15, 0.2) is 6.07 Å². The van der Waals surface area contributed by atoms with E-state index in [0.29, 0.717) is 23.0 Å². The number of nitrogens with one attached hydrogen (secondary N) is 2. The van der Waals surface area contributed by atoms with Crippen LogP contribution < -0.4 is 20.4 Å². The van der Waals surface area contributed by atoms with Crippen molar-refractivity contribution in [3.8, 4) is 0 Å². The van der Waals surface area contributed by atoms with Gasteiger partial charge in [0.1, 0.15) is 11.6 Å². The minimum atomic E-state index is 0.532. The Balaban J connectivity index is 1.56. The van der Waals surface area contributed by atoms with E-state index in [1.54, 1.807) is 0 Å². The molecule has 6 nitrogen and oxygen atoms in total. The van der Waals surface area contributed by atoms with E-state index < -0.39 is 0 Å². The van der Waals surface area contributed by atoms with Crippen molar-refractivity contribution in [3.05, 3.63) is 6.07 Å². The molecule has 0 aromatic carbocycles. The van der Waals surface area contributed by atoms with Crippen molar-refractivity contribution in [2.75, 3.05) is 41.3 Å². The summed E-state index contributed by atoms with van der Waals surface area (Å²) in [4.78, 5) is 14.3. The SMILES string of the molecule is C[C@@H]1CCCN(c2cc(N3CCCC3)nc(NC(=S)NC3CC3)n2)C1. The van der Waals surface area contributed by atoms with Crippen LogP contribution in [0.3, 0.4) is 0 Å². The Labute approximate surface area is 155 Å². The van der Waals surface area contributed by atoms with Crippen molar-refractivity contribution in [2.45, 2.75) is 51.5 Å². The number of anilines is 3. The average Bonchev–Trinajstić information content (AvgIpc) is 3.23. The van der Waals surface area contributed by atoms with Crippen molar-refractivity contribution < 1.29 is 0 Å². The molecule has 0 radical (unpaired) electrons. The smallest absolute Gasteiger partial charge is 0.232 e. The molecule has 25 heavy (non-hydrogen) atoms. The molecule has 0 amide bonds. The predicted octanol–water partition coefficient (Wildman–Crippen LogP) is 2.76. The Morgan fingerprint density at radius 1 is 1.04 bits per heavy atom. The highest BCUT2D eigenvalue weighted by atomic mass is 32.1. The zero-order valence-electron chi connectivity index (χ0n) is 15.0. The molecule has 2 saturated heterocycles. The summed E-state index contributed by atoms with van der Waals surface area (Å²) in [7, 11) is 0. The first-order valence-corrected chi connectivity index (χ1v) is 10.0. The van der Waals surface area contributed by atoms with Crippen LogP contribution in [0.2, 0.25) is 0 Å². The fraction of sp³-hybridized carbons (Fsp3) is 0.722. The fourth-order valence-electron chi connectivity index (χ4n) is 3.70. The van der Waals surface area contributed by atoms with Gasteiger partial charge in [0.25, 0.3) is 0 Å². The molecule has 2 aliphatic heterocycles. The van der Waals surface area contributed by atoms with Gasteiger partial charge in [0.2, 0.25) is 5.95 Å². The zero-order valence-corrected chi connectivity index (χ0v) is 15.8. The maximum Gasteiger partial charge on any atom is 0.232 e. The molecule has 1 saturated carbocycles. The molecule has 1 aromatic heterocycles. The predicted molar refractivity (Wildman–Crippen MR) is 106 cm³/mol. The maximum absolute atomic E-state index is 5.42. The fourth-order valence-corrected chi connectivity index (χ4v) is 3.95. The lowest BCUT2D eigenvalue weighted by molar-refractivity contribution is 0.444. The molecule has 4 rings (SSSR count). The first-order chi connectivity index (χ1) is 12.2. The van der Waals surface area contributed by atoms with Crippen molar-refractivity contribution >= 4 is 34.9 Å². The second-order valence-electron chi connectivity index (χ2n) is 7.67. The first kappa shape index (κ1) is 16.8. The molecular weight excluding hydrogens is 332 g/mol. The number of hydrogen-bond acceptors (Lipinski definition) is 5. The molecule has 1 aromatic rings. The van der Waals surface area contributed by atoms with Gasteiger partial charge in [-0.3, -0.25) is 0 Å². The Kier molecular flexibility index (Phi) is 4.92. The van der Waals surface area contributed by atoms with E-state index in [4.69, 9.17) is 22.2 Å². The standard InChI is InChI=1S/C18H28N6S/c1-13-5-4-10-24(12-13)16-11-15(23-8-2-3-9-23)20-17(21-16)22-18(25)19-14-6-7-14/h11,13-14H,2-10,12H2,1H3,(H2,19,20,21,22,25)/t13-/m1/s1. The lowest BCUT2D eigenvalue weighted by Gasteiger charge is -2.32. The highest BCUT2D eigenvalue weighted by molar-refractivity contribution is 7.80. The Morgan fingerprint density at radius 2 is 1.72 bits per heavy atom. The highest BCUT2D eigenvalue weighted by Gasteiger charge is 2.24. The third kappa shape index (κ3) is 4.32. The molecule has 0 spiro atoms. The summed E-state index contributed by atoms with van der Waals surface area (Å²) in [6.45, 7) is 6.63. The van der Waals surface area contributed by atoms with E-state index in [-0.39, 0.29) is 0 Å². The van der Waals surface area contributed by atoms with Crippen LogP contribution in [0.25, 0.3) is 0 Å². The molecular formula is C18H28N6S. The molecule has 0 bridgehead atoms. The van der Waals surface area contributed by atoms with Crippen LogP contribution in [-0.2, 0) is 0 Å². The minimum absolute atomic E-state index is 0.532. The number of piperidine rings is 1. The summed E-state index contributed by atoms with van der Waals surface area (Å²) in [6, 6.07) is 2.69. The summed E-state index contributed by atoms with van der Waals surface area (Å²) in [6.07, 6.45) is 7.42. The molecule has 3 fully saturated rings. The number of nitrogens with zero attached hydrogens (tertiary/aromatic N) is 4. The Hall–Kier alpha value is -1.63. The summed E-state index contributed by atoms with van der Waals surface area (Å²) in [5.41, 5.74) is 0. The van der Waals surface area contributed by atoms with E-state index in [1.165, 1.54) is 38.5 Å². The second-order valence-corrected chi connectivity index (χ2v) is 8.08. The van der Waals surface area contributed by atoms with Gasteiger partial charge < -0.3 is 20.4 Å². The summed E-state index contributed by atoms with van der Waals surface area (Å²) < 4.78 is 0. The van der Waals surface area contributed by atoms with Gasteiger partial charge in [-0.2, -0.15) is 9.97 Å². The second kappa shape index (κ2) is 7.32. The van der Waals surface area contributed by atoms with Crippen molar-refractivity contribution in [1.82, 2.24) is 15.3 Å². The van der Waals surface area contributed by atoms with E-state index in [9.17, 15) is 0 Å². The van der Waals surface area contributed by atoms with Crippen molar-refractivity contribution in [2.24, 2.45) is 5.92 Å². The first-order valence-electron chi connectivity index (χ1n) is 9.64. The monoisotopic (exact) mass is 360 g/mol. The lowest BCUT2D eigenvalue weighted by atomic mass is 10.0. The number of rotatable bonds is 4. The summed E-state index contributed by atoms with van der Waals surface area (Å²) in [5.74, 6) is 3.39. The van der Waals surface area contributed by atoms with Gasteiger partial charge in [-0.1, -0.05) is 6.92 Å². The number of hydrogen-bond donors (Lipinski definition) is 2. The van der Waals surface area contributed by atoms with Gasteiger partial charge in [-0.05, 0) is 56.7 Å². The van der Waals surface area contributed by atoms with Crippen LogP contribution >= 0.6 is 12.2 Å². The van der Waals surface area contributed by atoms with Gasteiger partial charge in [0.15, 0.2) is 5.11 Å². The van der Waals surface area contributed by atoms with Crippen molar-refractivity contribution in [1.29, 1.82) is 0 Å². The van der Waals surface area contributed by atoms with E-state index in [0.717, 1.165) is 37.8 Å². The van der Waals surface area contributed by atoms with Gasteiger partial charge in [0.05, 0.1) is 0 Å². The average molecular weight is 361 g/mol. The highest BCUT2D eigenvalue weighted by Crippen LogP contribution is 2.27. The molecule has 3 heterocycles. The Morgan fingerprint density at radius 3 is 2.40 bits per heavy atom. The van der Waals surface area contributed by atoms with Gasteiger partial charge >= 0.3 is 0 Å². The third-order valence-corrected chi connectivity index (χ3v) is 5.47. The van der Waals surface area contributed by atoms with E-state index >= 15 is 0 Å². The van der Waals surface area contributed by atoms with Gasteiger partial charge in [-0.25, -0.2) is 0 Å². The quantitative estimate of drug-likeness (QED) is 0.801. The van der Waals surface area contributed by atoms with Crippen LogP contribution in [0.5, 0.6) is 0 Å². The minimum Gasteiger partial charge on any atom is -0.360 e.